The fraction of sp³-hybridized carbons (Fsp3) is 0.545. The van der Waals surface area contributed by atoms with Crippen LogP contribution in [0.25, 0.3) is 0 Å². The van der Waals surface area contributed by atoms with Gasteiger partial charge in [-0.1, -0.05) is 11.3 Å². The van der Waals surface area contributed by atoms with Gasteiger partial charge in [0.25, 0.3) is 5.91 Å². The molecule has 4 rings (SSSR count). The van der Waals surface area contributed by atoms with Crippen LogP contribution in [0.1, 0.15) is 54.5 Å². The van der Waals surface area contributed by atoms with E-state index in [1.54, 1.807) is 15.9 Å². The summed E-state index contributed by atoms with van der Waals surface area (Å²) in [5.41, 5.74) is 0.857. The van der Waals surface area contributed by atoms with E-state index in [0.29, 0.717) is 43.3 Å². The highest BCUT2D eigenvalue weighted by Gasteiger charge is 2.31. The number of thiazole rings is 1. The maximum Gasteiger partial charge on any atom is 0.410 e. The number of hydrogen-bond acceptors (Lipinski definition) is 7. The molecule has 9 nitrogen and oxygen atoms in total. The molecule has 1 unspecified atom stereocenters. The Morgan fingerprint density at radius 3 is 2.78 bits per heavy atom. The molecule has 0 radical (unpaired) electrons. The molecule has 0 saturated carbocycles. The maximum atomic E-state index is 12.9. The average molecular weight is 461 g/mol. The monoisotopic (exact) mass is 460 g/mol. The largest absolute Gasteiger partial charge is 0.472 e. The number of piperidine rings is 1. The Morgan fingerprint density at radius 1 is 1.25 bits per heavy atom. The van der Waals surface area contributed by atoms with E-state index in [2.05, 4.69) is 10.3 Å². The first-order chi connectivity index (χ1) is 15.2. The molecule has 3 amide bonds. The summed E-state index contributed by atoms with van der Waals surface area (Å²) >= 11 is 1.39. The number of anilines is 1. The highest BCUT2D eigenvalue weighted by Crippen LogP contribution is 2.30. The molecule has 1 N–H and O–H groups in total. The minimum atomic E-state index is -0.545. The molecule has 1 atom stereocenters. The molecule has 2 aliphatic heterocycles. The van der Waals surface area contributed by atoms with Crippen molar-refractivity contribution in [3.05, 3.63) is 34.7 Å². The molecule has 172 valence electrons. The number of carbonyl (C=O) groups excluding carboxylic acids is 3. The molecule has 4 heterocycles. The third kappa shape index (κ3) is 5.12. The summed E-state index contributed by atoms with van der Waals surface area (Å²) in [5, 5.41) is 3.45. The van der Waals surface area contributed by atoms with Crippen molar-refractivity contribution in [3.63, 3.8) is 0 Å². The number of nitrogens with one attached hydrogen (secondary N) is 1. The number of rotatable bonds is 3. The van der Waals surface area contributed by atoms with Gasteiger partial charge in [0.05, 0.1) is 30.0 Å². The molecule has 0 aromatic carbocycles. The van der Waals surface area contributed by atoms with Gasteiger partial charge in [-0.3, -0.25) is 9.59 Å². The van der Waals surface area contributed by atoms with Gasteiger partial charge in [0, 0.05) is 30.9 Å². The molecule has 0 spiro atoms. The Hall–Kier alpha value is -2.88. The SMILES string of the molecule is CC(C)(C)OC(=O)N1CCc2nc(NC(=O)C3CCCN(C(=O)c4ccoc4)C3)sc2C1. The van der Waals surface area contributed by atoms with Gasteiger partial charge in [-0.2, -0.15) is 0 Å². The van der Waals surface area contributed by atoms with Crippen LogP contribution in [0.5, 0.6) is 0 Å². The van der Waals surface area contributed by atoms with Crippen LogP contribution in [0.15, 0.2) is 23.0 Å². The Kier molecular flexibility index (Phi) is 6.23. The molecule has 10 heteroatoms. The second-order valence-electron chi connectivity index (χ2n) is 9.13. The summed E-state index contributed by atoms with van der Waals surface area (Å²) in [5.74, 6) is -0.549. The standard InChI is InChI=1S/C22H28N4O5S/c1-22(2,3)31-21(29)26-9-6-16-17(12-26)32-20(23-16)24-18(27)14-5-4-8-25(11-14)19(28)15-7-10-30-13-15/h7,10,13-14H,4-6,8-9,11-12H2,1-3H3,(H,23,24,27). The van der Waals surface area contributed by atoms with Crippen LogP contribution in [0.4, 0.5) is 9.93 Å². The molecule has 2 aromatic rings. The normalized spacial score (nSPS) is 18.8. The van der Waals surface area contributed by atoms with Gasteiger partial charge in [0.15, 0.2) is 5.13 Å². The van der Waals surface area contributed by atoms with Crippen molar-refractivity contribution in [2.75, 3.05) is 25.0 Å². The first-order valence-electron chi connectivity index (χ1n) is 10.8. The second-order valence-corrected chi connectivity index (χ2v) is 10.2. The minimum absolute atomic E-state index is 0.122. The van der Waals surface area contributed by atoms with Gasteiger partial charge in [0.2, 0.25) is 5.91 Å². The zero-order valence-electron chi connectivity index (χ0n) is 18.6. The molecular formula is C22H28N4O5S. The summed E-state index contributed by atoms with van der Waals surface area (Å²) in [6.45, 7) is 7.48. The van der Waals surface area contributed by atoms with E-state index in [0.717, 1.165) is 23.4 Å². The highest BCUT2D eigenvalue weighted by atomic mass is 32.1. The molecule has 0 bridgehead atoms. The minimum Gasteiger partial charge on any atom is -0.472 e. The summed E-state index contributed by atoms with van der Waals surface area (Å²) < 4.78 is 10.5. The number of ether oxygens (including phenoxy) is 1. The third-order valence-corrected chi connectivity index (χ3v) is 6.46. The van der Waals surface area contributed by atoms with Crippen LogP contribution < -0.4 is 5.32 Å². The van der Waals surface area contributed by atoms with Crippen molar-refractivity contribution >= 4 is 34.4 Å². The topological polar surface area (TPSA) is 105 Å². The Labute approximate surface area is 190 Å². The van der Waals surface area contributed by atoms with E-state index >= 15 is 0 Å². The van der Waals surface area contributed by atoms with Gasteiger partial charge >= 0.3 is 6.09 Å². The van der Waals surface area contributed by atoms with E-state index in [1.165, 1.54) is 23.9 Å². The summed E-state index contributed by atoms with van der Waals surface area (Å²) in [4.78, 5) is 46.7. The summed E-state index contributed by atoms with van der Waals surface area (Å²) in [6.07, 6.45) is 4.66. The van der Waals surface area contributed by atoms with Crippen molar-refractivity contribution in [2.24, 2.45) is 5.92 Å². The quantitative estimate of drug-likeness (QED) is 0.751. The fourth-order valence-corrected chi connectivity index (χ4v) is 4.91. The highest BCUT2D eigenvalue weighted by molar-refractivity contribution is 7.15. The molecular weight excluding hydrogens is 432 g/mol. The zero-order chi connectivity index (χ0) is 22.9. The lowest BCUT2D eigenvalue weighted by atomic mass is 9.97. The number of fused-ring (bicyclic) bond motifs is 1. The predicted molar refractivity (Wildman–Crippen MR) is 118 cm³/mol. The van der Waals surface area contributed by atoms with Gasteiger partial charge in [-0.15, -0.1) is 0 Å². The van der Waals surface area contributed by atoms with E-state index in [1.807, 2.05) is 20.8 Å². The summed E-state index contributed by atoms with van der Waals surface area (Å²) in [6, 6.07) is 1.63. The number of amides is 3. The number of likely N-dealkylation sites (tertiary alicyclic amines) is 1. The van der Waals surface area contributed by atoms with Crippen molar-refractivity contribution in [1.82, 2.24) is 14.8 Å². The lowest BCUT2D eigenvalue weighted by molar-refractivity contribution is -0.121. The smallest absolute Gasteiger partial charge is 0.410 e. The van der Waals surface area contributed by atoms with Crippen LogP contribution in [0, 0.1) is 5.92 Å². The van der Waals surface area contributed by atoms with Crippen molar-refractivity contribution in [1.29, 1.82) is 0 Å². The molecule has 2 aliphatic rings. The first kappa shape index (κ1) is 22.3. The Morgan fingerprint density at radius 2 is 2.06 bits per heavy atom. The van der Waals surface area contributed by atoms with E-state index in [9.17, 15) is 14.4 Å². The van der Waals surface area contributed by atoms with E-state index in [-0.39, 0.29) is 23.8 Å². The van der Waals surface area contributed by atoms with Gasteiger partial charge in [0.1, 0.15) is 11.9 Å². The molecule has 0 aliphatic carbocycles. The van der Waals surface area contributed by atoms with Crippen molar-refractivity contribution < 1.29 is 23.5 Å². The third-order valence-electron chi connectivity index (χ3n) is 5.46. The van der Waals surface area contributed by atoms with Gasteiger partial charge in [-0.25, -0.2) is 9.78 Å². The molecule has 32 heavy (non-hydrogen) atoms. The second kappa shape index (κ2) is 8.93. The molecule has 1 saturated heterocycles. The Bertz CT molecular complexity index is 995. The molecule has 2 aromatic heterocycles. The molecule has 1 fully saturated rings. The van der Waals surface area contributed by atoms with Crippen molar-refractivity contribution in [2.45, 2.75) is 52.2 Å². The maximum absolute atomic E-state index is 12.9. The number of hydrogen-bond donors (Lipinski definition) is 1. The first-order valence-corrected chi connectivity index (χ1v) is 11.6. The van der Waals surface area contributed by atoms with Crippen LogP contribution in [0.3, 0.4) is 0 Å². The lowest BCUT2D eigenvalue weighted by Crippen LogP contribution is -2.43. The number of nitrogens with zero attached hydrogens (tertiary/aromatic N) is 3. The number of carbonyl (C=O) groups is 3. The average Bonchev–Trinajstić information content (AvgIpc) is 3.41. The summed E-state index contributed by atoms with van der Waals surface area (Å²) in [7, 11) is 0. The van der Waals surface area contributed by atoms with Gasteiger partial charge in [-0.05, 0) is 39.7 Å². The number of aromatic nitrogens is 1. The van der Waals surface area contributed by atoms with Crippen LogP contribution >= 0.6 is 11.3 Å². The van der Waals surface area contributed by atoms with E-state index in [4.69, 9.17) is 9.15 Å². The van der Waals surface area contributed by atoms with Crippen LogP contribution in [-0.2, 0) is 22.5 Å². The van der Waals surface area contributed by atoms with E-state index < -0.39 is 5.60 Å². The number of furan rings is 1. The predicted octanol–water partition coefficient (Wildman–Crippen LogP) is 3.52. The van der Waals surface area contributed by atoms with Crippen molar-refractivity contribution in [3.8, 4) is 0 Å². The zero-order valence-corrected chi connectivity index (χ0v) is 19.4. The Balaban J connectivity index is 1.36. The van der Waals surface area contributed by atoms with Crippen LogP contribution in [-0.4, -0.2) is 57.9 Å². The van der Waals surface area contributed by atoms with Gasteiger partial charge < -0.3 is 24.3 Å². The fourth-order valence-electron chi connectivity index (χ4n) is 3.88. The van der Waals surface area contributed by atoms with Crippen LogP contribution in [0.2, 0.25) is 0 Å². The lowest BCUT2D eigenvalue weighted by Gasteiger charge is -2.31.